The first kappa shape index (κ1) is 23.5. The molecule has 1 heterocycles. The molecule has 1 aliphatic heterocycles. The number of rotatable bonds is 5. The molecular weight excluding hydrogens is 512 g/mol. The molecule has 1 saturated heterocycles. The summed E-state index contributed by atoms with van der Waals surface area (Å²) >= 11 is 3.45. The van der Waals surface area contributed by atoms with E-state index in [0.717, 1.165) is 22.0 Å². The van der Waals surface area contributed by atoms with E-state index >= 15 is 0 Å². The van der Waals surface area contributed by atoms with Crippen LogP contribution in [-0.4, -0.2) is 30.3 Å². The number of amides is 3. The van der Waals surface area contributed by atoms with Gasteiger partial charge in [-0.25, -0.2) is 4.79 Å². The summed E-state index contributed by atoms with van der Waals surface area (Å²) in [6.45, 7) is 5.39. The lowest BCUT2D eigenvalue weighted by Gasteiger charge is -2.19. The number of fused-ring (bicyclic) bond motifs is 5. The third kappa shape index (κ3) is 3.99. The number of imide groups is 1. The van der Waals surface area contributed by atoms with Crippen molar-refractivity contribution in [3.8, 4) is 0 Å². The lowest BCUT2D eigenvalue weighted by atomic mass is 9.82. The van der Waals surface area contributed by atoms with Crippen molar-refractivity contribution < 1.29 is 23.9 Å². The van der Waals surface area contributed by atoms with Crippen LogP contribution in [-0.2, 0) is 19.1 Å². The second-order valence-electron chi connectivity index (χ2n) is 9.57. The number of anilines is 2. The molecule has 7 nitrogen and oxygen atoms in total. The number of allylic oxidation sites excluding steroid dienone is 2. The quantitative estimate of drug-likeness (QED) is 0.343. The van der Waals surface area contributed by atoms with E-state index in [1.807, 2.05) is 32.9 Å². The number of hydrogen-bond acceptors (Lipinski definition) is 5. The van der Waals surface area contributed by atoms with Gasteiger partial charge < -0.3 is 10.1 Å². The molecule has 2 aromatic carbocycles. The summed E-state index contributed by atoms with van der Waals surface area (Å²) in [6, 6.07) is 9.91. The minimum Gasteiger partial charge on any atom is -0.452 e. The lowest BCUT2D eigenvalue weighted by Crippen LogP contribution is -2.33. The van der Waals surface area contributed by atoms with Crippen molar-refractivity contribution in [1.29, 1.82) is 0 Å². The Bertz CT molecular complexity index is 1300. The van der Waals surface area contributed by atoms with E-state index in [0.29, 0.717) is 11.4 Å². The monoisotopic (exact) mass is 536 g/mol. The van der Waals surface area contributed by atoms with Crippen molar-refractivity contribution in [2.24, 2.45) is 23.7 Å². The van der Waals surface area contributed by atoms with E-state index in [-0.39, 0.29) is 41.0 Å². The number of halogens is 1. The topological polar surface area (TPSA) is 92.8 Å². The van der Waals surface area contributed by atoms with Gasteiger partial charge in [0.25, 0.3) is 5.91 Å². The molecule has 0 aromatic heterocycles. The van der Waals surface area contributed by atoms with Gasteiger partial charge in [-0.3, -0.25) is 19.3 Å². The SMILES string of the molecule is CC1=C[C@H]2C[C@H]1[C@@H]1C(=O)N(c3ccc(C(=O)OCC(=O)Nc4cc(C)c(Br)cc4C)cc3)C(=O)[C@@H]12. The Hall–Kier alpha value is -3.26. The van der Waals surface area contributed by atoms with Gasteiger partial charge >= 0.3 is 5.97 Å². The predicted molar refractivity (Wildman–Crippen MR) is 134 cm³/mol. The molecule has 2 aliphatic carbocycles. The number of benzene rings is 2. The smallest absolute Gasteiger partial charge is 0.338 e. The van der Waals surface area contributed by atoms with Crippen molar-refractivity contribution in [3.63, 3.8) is 0 Å². The number of carbonyl (C=O) groups excluding carboxylic acids is 4. The summed E-state index contributed by atoms with van der Waals surface area (Å²) in [5.74, 6) is -1.71. The van der Waals surface area contributed by atoms with Gasteiger partial charge in [0, 0.05) is 10.2 Å². The Kier molecular flexibility index (Phi) is 5.87. The van der Waals surface area contributed by atoms with Crippen molar-refractivity contribution in [2.45, 2.75) is 27.2 Å². The molecule has 4 atom stereocenters. The minimum atomic E-state index is -0.663. The maximum atomic E-state index is 13.1. The average Bonchev–Trinajstić information content (AvgIpc) is 3.46. The predicted octanol–water partition coefficient (Wildman–Crippen LogP) is 4.56. The third-order valence-corrected chi connectivity index (χ3v) is 8.21. The number of esters is 1. The van der Waals surface area contributed by atoms with Gasteiger partial charge in [-0.1, -0.05) is 27.6 Å². The first-order valence-electron chi connectivity index (χ1n) is 11.6. The zero-order valence-electron chi connectivity index (χ0n) is 19.6. The third-order valence-electron chi connectivity index (χ3n) is 7.36. The number of nitrogens with one attached hydrogen (secondary N) is 1. The molecule has 8 heteroatoms. The van der Waals surface area contributed by atoms with E-state index in [9.17, 15) is 19.2 Å². The number of hydrogen-bond donors (Lipinski definition) is 1. The van der Waals surface area contributed by atoms with E-state index < -0.39 is 18.5 Å². The molecule has 35 heavy (non-hydrogen) atoms. The van der Waals surface area contributed by atoms with E-state index in [1.165, 1.54) is 22.6 Å². The van der Waals surface area contributed by atoms with Gasteiger partial charge in [-0.15, -0.1) is 0 Å². The highest BCUT2D eigenvalue weighted by Gasteiger charge is 2.60. The molecule has 1 N–H and O–H groups in total. The van der Waals surface area contributed by atoms with Crippen LogP contribution in [0.15, 0.2) is 52.5 Å². The summed E-state index contributed by atoms with van der Waals surface area (Å²) in [5.41, 5.74) is 4.38. The van der Waals surface area contributed by atoms with Crippen LogP contribution in [0.2, 0.25) is 0 Å². The fraction of sp³-hybridized carbons (Fsp3) is 0.333. The molecule has 2 bridgehead atoms. The average molecular weight is 537 g/mol. The Balaban J connectivity index is 1.21. The van der Waals surface area contributed by atoms with Crippen molar-refractivity contribution >= 4 is 51.0 Å². The number of nitrogens with zero attached hydrogens (tertiary/aromatic N) is 1. The highest BCUT2D eigenvalue weighted by atomic mass is 79.9. The van der Waals surface area contributed by atoms with Crippen molar-refractivity contribution in [3.05, 3.63) is 69.2 Å². The lowest BCUT2D eigenvalue weighted by molar-refractivity contribution is -0.123. The molecule has 0 spiro atoms. The number of aryl methyl sites for hydroxylation is 2. The van der Waals surface area contributed by atoms with E-state index in [1.54, 1.807) is 12.1 Å². The Morgan fingerprint density at radius 1 is 1.03 bits per heavy atom. The standard InChI is InChI=1S/C27H25BrN2O5/c1-13-8-17-11-19(13)24-23(17)25(32)30(26(24)33)18-6-4-16(5-7-18)27(34)35-12-22(31)29-21-10-14(2)20(28)9-15(21)3/h4-10,17,19,23-24H,11-12H2,1-3H3,(H,29,31)/t17-,19+,23+,24-/m0/s1. The number of carbonyl (C=O) groups is 4. The Morgan fingerprint density at radius 3 is 2.43 bits per heavy atom. The normalized spacial score (nSPS) is 24.5. The summed E-state index contributed by atoms with van der Waals surface area (Å²) < 4.78 is 6.10. The van der Waals surface area contributed by atoms with Gasteiger partial charge in [-0.05, 0) is 86.6 Å². The van der Waals surface area contributed by atoms with Crippen LogP contribution in [0, 0.1) is 37.5 Å². The molecule has 0 unspecified atom stereocenters. The van der Waals surface area contributed by atoms with Crippen LogP contribution in [0.3, 0.4) is 0 Å². The van der Waals surface area contributed by atoms with Crippen LogP contribution in [0.4, 0.5) is 11.4 Å². The van der Waals surface area contributed by atoms with Crippen molar-refractivity contribution in [1.82, 2.24) is 0 Å². The molecule has 180 valence electrons. The van der Waals surface area contributed by atoms with Gasteiger partial charge in [0.15, 0.2) is 6.61 Å². The summed E-state index contributed by atoms with van der Waals surface area (Å²) in [7, 11) is 0. The van der Waals surface area contributed by atoms with Gasteiger partial charge in [-0.2, -0.15) is 0 Å². The zero-order valence-corrected chi connectivity index (χ0v) is 21.2. The molecule has 3 amide bonds. The van der Waals surface area contributed by atoms with E-state index in [4.69, 9.17) is 4.74 Å². The van der Waals surface area contributed by atoms with Crippen LogP contribution in [0.1, 0.15) is 34.8 Å². The molecule has 0 radical (unpaired) electrons. The second kappa shape index (κ2) is 8.75. The van der Waals surface area contributed by atoms with Gasteiger partial charge in [0.1, 0.15) is 0 Å². The summed E-state index contributed by atoms with van der Waals surface area (Å²) in [4.78, 5) is 52.1. The van der Waals surface area contributed by atoms with Crippen LogP contribution in [0.5, 0.6) is 0 Å². The maximum absolute atomic E-state index is 13.1. The highest BCUT2D eigenvalue weighted by Crippen LogP contribution is 2.55. The second-order valence-corrected chi connectivity index (χ2v) is 10.4. The van der Waals surface area contributed by atoms with Crippen molar-refractivity contribution in [2.75, 3.05) is 16.8 Å². The Morgan fingerprint density at radius 2 is 1.71 bits per heavy atom. The van der Waals surface area contributed by atoms with Crippen LogP contribution in [0.25, 0.3) is 0 Å². The molecule has 3 aliphatic rings. The largest absolute Gasteiger partial charge is 0.452 e. The van der Waals surface area contributed by atoms with Gasteiger partial charge in [0.05, 0.1) is 23.1 Å². The molecular formula is C27H25BrN2O5. The minimum absolute atomic E-state index is 0.136. The molecule has 2 aromatic rings. The maximum Gasteiger partial charge on any atom is 0.338 e. The van der Waals surface area contributed by atoms with E-state index in [2.05, 4.69) is 27.3 Å². The first-order chi connectivity index (χ1) is 16.7. The Labute approximate surface area is 211 Å². The van der Waals surface area contributed by atoms with Crippen LogP contribution >= 0.6 is 15.9 Å². The zero-order chi connectivity index (χ0) is 25.0. The molecule has 5 rings (SSSR count). The molecule has 2 fully saturated rings. The van der Waals surface area contributed by atoms with Gasteiger partial charge in [0.2, 0.25) is 11.8 Å². The van der Waals surface area contributed by atoms with Crippen LogP contribution < -0.4 is 10.2 Å². The fourth-order valence-electron chi connectivity index (χ4n) is 5.59. The highest BCUT2D eigenvalue weighted by molar-refractivity contribution is 9.10. The summed E-state index contributed by atoms with van der Waals surface area (Å²) in [5, 5.41) is 2.75. The fourth-order valence-corrected chi connectivity index (χ4v) is 6.05. The molecule has 1 saturated carbocycles. The number of ether oxygens (including phenoxy) is 1. The summed E-state index contributed by atoms with van der Waals surface area (Å²) in [6.07, 6.45) is 3.01. The first-order valence-corrected chi connectivity index (χ1v) is 12.3.